The van der Waals surface area contributed by atoms with Gasteiger partial charge >= 0.3 is 0 Å². The van der Waals surface area contributed by atoms with Gasteiger partial charge in [0.05, 0.1) is 0 Å². The van der Waals surface area contributed by atoms with E-state index in [1.165, 1.54) is 4.52 Å². The summed E-state index contributed by atoms with van der Waals surface area (Å²) in [5, 5.41) is 12.5. The normalized spacial score (nSPS) is 11.7. The Balaban J connectivity index is 1.44. The Kier molecular flexibility index (Phi) is 5.38. The molecule has 0 fully saturated rings. The molecular formula is C19H15F2N5O3S. The van der Waals surface area contributed by atoms with Crippen LogP contribution in [0.25, 0.3) is 17.0 Å². The molecule has 2 aromatic carbocycles. The summed E-state index contributed by atoms with van der Waals surface area (Å²) < 4.78 is 60.4. The summed E-state index contributed by atoms with van der Waals surface area (Å²) in [5.74, 6) is -1.15. The van der Waals surface area contributed by atoms with Gasteiger partial charge in [0.1, 0.15) is 23.1 Å². The van der Waals surface area contributed by atoms with Crippen LogP contribution in [0.5, 0.6) is 5.88 Å². The molecule has 0 saturated heterocycles. The average Bonchev–Trinajstić information content (AvgIpc) is 3.17. The summed E-state index contributed by atoms with van der Waals surface area (Å²) in [6.45, 7) is -0.261. The van der Waals surface area contributed by atoms with Gasteiger partial charge in [0.25, 0.3) is 0 Å². The third-order valence-corrected chi connectivity index (χ3v) is 5.57. The van der Waals surface area contributed by atoms with Crippen LogP contribution in [0.1, 0.15) is 0 Å². The van der Waals surface area contributed by atoms with Crippen molar-refractivity contribution in [1.29, 1.82) is 0 Å². The molecule has 2 aromatic heterocycles. The van der Waals surface area contributed by atoms with Crippen LogP contribution in [-0.2, 0) is 10.0 Å². The van der Waals surface area contributed by atoms with E-state index in [1.807, 2.05) is 30.3 Å². The first-order valence-electron chi connectivity index (χ1n) is 8.79. The fourth-order valence-electron chi connectivity index (χ4n) is 2.71. The van der Waals surface area contributed by atoms with Crippen molar-refractivity contribution < 1.29 is 21.9 Å². The molecule has 0 aliphatic rings. The van der Waals surface area contributed by atoms with Crippen LogP contribution >= 0.6 is 0 Å². The van der Waals surface area contributed by atoms with E-state index in [1.54, 1.807) is 12.1 Å². The van der Waals surface area contributed by atoms with E-state index in [9.17, 15) is 17.2 Å². The Labute approximate surface area is 170 Å². The van der Waals surface area contributed by atoms with Crippen molar-refractivity contribution in [2.45, 2.75) is 4.90 Å². The third kappa shape index (κ3) is 4.11. The number of sulfonamides is 1. The lowest BCUT2D eigenvalue weighted by Gasteiger charge is -2.09. The molecule has 0 saturated carbocycles. The predicted molar refractivity (Wildman–Crippen MR) is 103 cm³/mol. The van der Waals surface area contributed by atoms with Crippen LogP contribution in [0, 0.1) is 11.6 Å². The molecule has 30 heavy (non-hydrogen) atoms. The Hall–Kier alpha value is -3.44. The van der Waals surface area contributed by atoms with Gasteiger partial charge in [-0.1, -0.05) is 30.3 Å². The van der Waals surface area contributed by atoms with Gasteiger partial charge in [0.2, 0.25) is 15.9 Å². The molecule has 0 amide bonds. The maximum absolute atomic E-state index is 13.7. The number of benzene rings is 2. The Morgan fingerprint density at radius 2 is 1.80 bits per heavy atom. The quantitative estimate of drug-likeness (QED) is 0.452. The highest BCUT2D eigenvalue weighted by molar-refractivity contribution is 7.89. The summed E-state index contributed by atoms with van der Waals surface area (Å²) >= 11 is 0. The molecule has 0 spiro atoms. The molecule has 8 nitrogen and oxygen atoms in total. The zero-order valence-electron chi connectivity index (χ0n) is 15.4. The highest BCUT2D eigenvalue weighted by Crippen LogP contribution is 2.19. The van der Waals surface area contributed by atoms with Crippen LogP contribution in [0.15, 0.2) is 65.6 Å². The zero-order chi connectivity index (χ0) is 21.1. The zero-order valence-corrected chi connectivity index (χ0v) is 16.2. The fourth-order valence-corrected chi connectivity index (χ4v) is 3.81. The van der Waals surface area contributed by atoms with Gasteiger partial charge in [-0.3, -0.25) is 0 Å². The van der Waals surface area contributed by atoms with Gasteiger partial charge in [-0.05, 0) is 24.3 Å². The van der Waals surface area contributed by atoms with Crippen LogP contribution in [0.2, 0.25) is 0 Å². The first kappa shape index (κ1) is 19.9. The average molecular weight is 431 g/mol. The minimum absolute atomic E-state index is 0.0858. The number of ether oxygens (including phenoxy) is 1. The highest BCUT2D eigenvalue weighted by atomic mass is 32.2. The van der Waals surface area contributed by atoms with Crippen molar-refractivity contribution in [3.05, 3.63) is 72.3 Å². The van der Waals surface area contributed by atoms with Crippen LogP contribution < -0.4 is 9.46 Å². The number of hydrogen-bond donors (Lipinski definition) is 1. The highest BCUT2D eigenvalue weighted by Gasteiger charge is 2.19. The van der Waals surface area contributed by atoms with Crippen LogP contribution in [-0.4, -0.2) is 41.4 Å². The minimum atomic E-state index is -4.23. The molecule has 1 N–H and O–H groups in total. The molecule has 4 rings (SSSR count). The number of nitrogens with one attached hydrogen (secondary N) is 1. The van der Waals surface area contributed by atoms with Crippen molar-refractivity contribution >= 4 is 15.7 Å². The van der Waals surface area contributed by atoms with Gasteiger partial charge < -0.3 is 4.74 Å². The van der Waals surface area contributed by atoms with Gasteiger partial charge in [0, 0.05) is 18.2 Å². The first-order valence-corrected chi connectivity index (χ1v) is 10.3. The van der Waals surface area contributed by atoms with E-state index in [0.29, 0.717) is 17.5 Å². The monoisotopic (exact) mass is 431 g/mol. The summed E-state index contributed by atoms with van der Waals surface area (Å²) in [5.41, 5.74) is 1.34. The molecule has 0 radical (unpaired) electrons. The summed E-state index contributed by atoms with van der Waals surface area (Å²) in [6.07, 6.45) is 0. The number of nitrogens with zero attached hydrogens (tertiary/aromatic N) is 4. The van der Waals surface area contributed by atoms with Crippen LogP contribution in [0.4, 0.5) is 8.78 Å². The summed E-state index contributed by atoms with van der Waals surface area (Å²) in [4.78, 5) is -0.765. The maximum Gasteiger partial charge on any atom is 0.243 e. The lowest BCUT2D eigenvalue weighted by molar-refractivity contribution is 0.306. The van der Waals surface area contributed by atoms with Crippen LogP contribution in [0.3, 0.4) is 0 Å². The Morgan fingerprint density at radius 1 is 1.00 bits per heavy atom. The molecular weight excluding hydrogens is 416 g/mol. The molecule has 154 valence electrons. The molecule has 0 bridgehead atoms. The number of rotatable bonds is 7. The predicted octanol–water partition coefficient (Wildman–Crippen LogP) is 2.43. The fraction of sp³-hybridized carbons (Fsp3) is 0.105. The largest absolute Gasteiger partial charge is 0.475 e. The van der Waals surface area contributed by atoms with E-state index < -0.39 is 26.6 Å². The molecule has 0 aliphatic carbocycles. The molecule has 0 atom stereocenters. The molecule has 2 heterocycles. The third-order valence-electron chi connectivity index (χ3n) is 4.10. The Bertz CT molecular complexity index is 1300. The van der Waals surface area contributed by atoms with E-state index in [-0.39, 0.29) is 19.0 Å². The van der Waals surface area contributed by atoms with Gasteiger partial charge in [0.15, 0.2) is 11.5 Å². The van der Waals surface area contributed by atoms with Crippen molar-refractivity contribution in [2.24, 2.45) is 0 Å². The van der Waals surface area contributed by atoms with Crippen molar-refractivity contribution in [2.75, 3.05) is 13.2 Å². The van der Waals surface area contributed by atoms with E-state index in [4.69, 9.17) is 4.74 Å². The molecule has 4 aromatic rings. The topological polar surface area (TPSA) is 98.5 Å². The smallest absolute Gasteiger partial charge is 0.243 e. The minimum Gasteiger partial charge on any atom is -0.475 e. The summed E-state index contributed by atoms with van der Waals surface area (Å²) in [6, 6.07) is 14.8. The Morgan fingerprint density at radius 3 is 2.60 bits per heavy atom. The maximum atomic E-state index is 13.7. The second-order valence-corrected chi connectivity index (χ2v) is 7.89. The van der Waals surface area contributed by atoms with Crippen molar-refractivity contribution in [3.8, 4) is 17.3 Å². The van der Waals surface area contributed by atoms with Gasteiger partial charge in [-0.25, -0.2) is 21.9 Å². The van der Waals surface area contributed by atoms with E-state index >= 15 is 0 Å². The second kappa shape index (κ2) is 8.13. The van der Waals surface area contributed by atoms with E-state index in [0.717, 1.165) is 17.7 Å². The lowest BCUT2D eigenvalue weighted by Crippen LogP contribution is -2.29. The number of halogens is 2. The lowest BCUT2D eigenvalue weighted by atomic mass is 10.2. The standard InChI is InChI=1S/C19H15F2N5O3S/c20-14-6-7-15(21)16(12-14)30(27,28)22-10-11-29-18-9-8-17-23-24-19(26(17)25-18)13-4-2-1-3-5-13/h1-9,12,22H,10-11H2. The first-order chi connectivity index (χ1) is 14.4. The van der Waals surface area contributed by atoms with Crippen molar-refractivity contribution in [3.63, 3.8) is 0 Å². The SMILES string of the molecule is O=S(=O)(NCCOc1ccc2nnc(-c3ccccc3)n2n1)c1cc(F)ccc1F. The number of hydrogen-bond acceptors (Lipinski definition) is 6. The van der Waals surface area contributed by atoms with Crippen molar-refractivity contribution in [1.82, 2.24) is 24.5 Å². The number of fused-ring (bicyclic) bond motifs is 1. The molecule has 0 unspecified atom stereocenters. The van der Waals surface area contributed by atoms with Gasteiger partial charge in [-0.15, -0.1) is 15.3 Å². The second-order valence-electron chi connectivity index (χ2n) is 6.15. The van der Waals surface area contributed by atoms with E-state index in [2.05, 4.69) is 20.0 Å². The summed E-state index contributed by atoms with van der Waals surface area (Å²) in [7, 11) is -4.23. The number of aromatic nitrogens is 4. The molecule has 0 aliphatic heterocycles. The molecule has 11 heteroatoms. The van der Waals surface area contributed by atoms with Gasteiger partial charge in [-0.2, -0.15) is 4.52 Å².